The van der Waals surface area contributed by atoms with Crippen LogP contribution in [0.4, 0.5) is 4.39 Å². The van der Waals surface area contributed by atoms with Crippen molar-refractivity contribution in [2.45, 2.75) is 81.7 Å². The fourth-order valence-electron chi connectivity index (χ4n) is 8.14. The van der Waals surface area contributed by atoms with Crippen molar-refractivity contribution in [3.8, 4) is 0 Å². The lowest BCUT2D eigenvalue weighted by molar-refractivity contribution is -0.142. The number of rotatable bonds is 3. The molecule has 1 saturated carbocycles. The van der Waals surface area contributed by atoms with Gasteiger partial charge in [-0.2, -0.15) is 0 Å². The predicted molar refractivity (Wildman–Crippen MR) is 146 cm³/mol. The highest BCUT2D eigenvalue weighted by atomic mass is 19.1. The minimum Gasteiger partial charge on any atom is -0.339 e. The molecule has 4 aliphatic rings. The van der Waals surface area contributed by atoms with E-state index in [1.54, 1.807) is 6.07 Å². The molecule has 6 rings (SSSR count). The molecule has 0 radical (unpaired) electrons. The quantitative estimate of drug-likeness (QED) is 0.607. The highest BCUT2D eigenvalue weighted by molar-refractivity contribution is 5.82. The number of hydrogen-bond donors (Lipinski definition) is 2. The van der Waals surface area contributed by atoms with Crippen molar-refractivity contribution in [3.05, 3.63) is 71.0 Å². The van der Waals surface area contributed by atoms with Crippen LogP contribution in [0.1, 0.15) is 74.5 Å². The Balaban J connectivity index is 1.33. The van der Waals surface area contributed by atoms with Crippen molar-refractivity contribution >= 4 is 5.91 Å². The fourth-order valence-corrected chi connectivity index (χ4v) is 8.14. The summed E-state index contributed by atoms with van der Waals surface area (Å²) in [5.74, 6) is 0.928. The Morgan fingerprint density at radius 1 is 1.00 bits per heavy atom. The minimum atomic E-state index is -0.546. The van der Waals surface area contributed by atoms with Crippen LogP contribution in [0.25, 0.3) is 0 Å². The van der Waals surface area contributed by atoms with E-state index in [1.807, 2.05) is 6.07 Å². The zero-order valence-electron chi connectivity index (χ0n) is 22.2. The highest BCUT2D eigenvalue weighted by Gasteiger charge is 2.53. The van der Waals surface area contributed by atoms with Gasteiger partial charge in [-0.3, -0.25) is 4.79 Å². The Kier molecular flexibility index (Phi) is 7.11. The summed E-state index contributed by atoms with van der Waals surface area (Å²) in [6, 6.07) is 16.9. The fraction of sp³-hybridized carbons (Fsp3) is 0.594. The van der Waals surface area contributed by atoms with Crippen molar-refractivity contribution in [3.63, 3.8) is 0 Å². The lowest BCUT2D eigenvalue weighted by Crippen LogP contribution is -2.56. The van der Waals surface area contributed by atoms with Gasteiger partial charge in [-0.1, -0.05) is 61.7 Å². The molecule has 1 unspecified atom stereocenters. The number of piperidine rings is 1. The maximum Gasteiger partial charge on any atom is 0.228 e. The Morgan fingerprint density at radius 3 is 2.62 bits per heavy atom. The number of nitrogens with one attached hydrogen (secondary N) is 2. The van der Waals surface area contributed by atoms with Gasteiger partial charge in [0.1, 0.15) is 5.82 Å². The molecule has 2 N–H and O–H groups in total. The first kappa shape index (κ1) is 25.1. The van der Waals surface area contributed by atoms with Crippen LogP contribution in [0.15, 0.2) is 48.5 Å². The average molecular weight is 504 g/mol. The third kappa shape index (κ3) is 4.63. The molecule has 0 aromatic heterocycles. The highest BCUT2D eigenvalue weighted by Crippen LogP contribution is 2.45. The summed E-state index contributed by atoms with van der Waals surface area (Å²) in [6.07, 6.45) is 9.15. The molecule has 4 nitrogen and oxygen atoms in total. The van der Waals surface area contributed by atoms with E-state index in [9.17, 15) is 4.79 Å². The number of amides is 1. The Morgan fingerprint density at radius 2 is 1.81 bits per heavy atom. The Bertz CT molecular complexity index is 1100. The molecule has 37 heavy (non-hydrogen) atoms. The van der Waals surface area contributed by atoms with Gasteiger partial charge in [0.25, 0.3) is 0 Å². The first-order chi connectivity index (χ1) is 18.1. The van der Waals surface area contributed by atoms with Crippen molar-refractivity contribution in [2.24, 2.45) is 11.8 Å². The molecule has 5 heteroatoms. The van der Waals surface area contributed by atoms with Crippen LogP contribution in [-0.4, -0.2) is 49.1 Å². The summed E-state index contributed by atoms with van der Waals surface area (Å²) < 4.78 is 15.6. The molecular weight excluding hydrogens is 461 g/mol. The molecule has 1 aliphatic carbocycles. The first-order valence-corrected chi connectivity index (χ1v) is 14.6. The van der Waals surface area contributed by atoms with E-state index in [0.717, 1.165) is 36.9 Å². The van der Waals surface area contributed by atoms with Gasteiger partial charge in [0.05, 0.1) is 5.92 Å². The van der Waals surface area contributed by atoms with Crippen LogP contribution < -0.4 is 10.6 Å². The molecule has 198 valence electrons. The van der Waals surface area contributed by atoms with Crippen molar-refractivity contribution < 1.29 is 9.18 Å². The second-order valence-electron chi connectivity index (χ2n) is 12.2. The van der Waals surface area contributed by atoms with Gasteiger partial charge in [-0.05, 0) is 68.1 Å². The SMILES string of the molecule is C[C@@H]1Cc2cccc(F)c2[C@@]2(CNCC2C(=O)N2CC[C@@H](c3ccccc3)C[C@H]2C2CCCCC2)CN1. The molecule has 2 aromatic carbocycles. The standard InChI is InChI=1S/C32H42FN3O/c1-22-17-26-13-8-14-28(33)30(26)32(21-35-22)20-34-19-27(32)31(37)36-16-15-25(23-9-4-2-5-10-23)18-29(36)24-11-6-3-7-12-24/h2,4-5,8-10,13-14,22,24-25,27,29,34-35H,3,6-7,11-12,15-21H2,1H3/t22-,25-,27?,29+,32+/m1/s1. The normalized spacial score (nSPS) is 32.8. The maximum absolute atomic E-state index is 15.6. The van der Waals surface area contributed by atoms with Gasteiger partial charge >= 0.3 is 0 Å². The average Bonchev–Trinajstić information content (AvgIpc) is 3.30. The molecule has 1 spiro atoms. The molecule has 2 aromatic rings. The Hall–Kier alpha value is -2.24. The third-order valence-corrected chi connectivity index (χ3v) is 10.0. The summed E-state index contributed by atoms with van der Waals surface area (Å²) in [7, 11) is 0. The number of fused-ring (bicyclic) bond motifs is 2. The second kappa shape index (κ2) is 10.5. The van der Waals surface area contributed by atoms with Gasteiger partial charge in [0.15, 0.2) is 0 Å². The summed E-state index contributed by atoms with van der Waals surface area (Å²) in [5, 5.41) is 7.20. The zero-order chi connectivity index (χ0) is 25.4. The largest absolute Gasteiger partial charge is 0.339 e. The summed E-state index contributed by atoms with van der Waals surface area (Å²) in [4.78, 5) is 16.9. The summed E-state index contributed by atoms with van der Waals surface area (Å²) >= 11 is 0. The van der Waals surface area contributed by atoms with Crippen LogP contribution in [-0.2, 0) is 16.6 Å². The number of benzene rings is 2. The maximum atomic E-state index is 15.6. The predicted octanol–water partition coefficient (Wildman–Crippen LogP) is 5.17. The topological polar surface area (TPSA) is 44.4 Å². The molecule has 3 aliphatic heterocycles. The van der Waals surface area contributed by atoms with E-state index >= 15 is 4.39 Å². The second-order valence-corrected chi connectivity index (χ2v) is 12.2. The smallest absolute Gasteiger partial charge is 0.228 e. The van der Waals surface area contributed by atoms with E-state index in [4.69, 9.17) is 0 Å². The van der Waals surface area contributed by atoms with Crippen LogP contribution in [0, 0.1) is 17.7 Å². The first-order valence-electron chi connectivity index (χ1n) is 14.6. The number of halogens is 1. The monoisotopic (exact) mass is 503 g/mol. The van der Waals surface area contributed by atoms with E-state index < -0.39 is 5.41 Å². The lowest BCUT2D eigenvalue weighted by atomic mass is 9.69. The van der Waals surface area contributed by atoms with Crippen molar-refractivity contribution in [1.82, 2.24) is 15.5 Å². The van der Waals surface area contributed by atoms with Crippen LogP contribution in [0.5, 0.6) is 0 Å². The van der Waals surface area contributed by atoms with E-state index in [0.29, 0.717) is 31.5 Å². The van der Waals surface area contributed by atoms with Crippen LogP contribution in [0.2, 0.25) is 0 Å². The third-order valence-electron chi connectivity index (χ3n) is 10.0. The van der Waals surface area contributed by atoms with Gasteiger partial charge in [-0.15, -0.1) is 0 Å². The molecule has 3 heterocycles. The lowest BCUT2D eigenvalue weighted by Gasteiger charge is -2.47. The molecule has 0 bridgehead atoms. The van der Waals surface area contributed by atoms with E-state index in [2.05, 4.69) is 58.9 Å². The number of nitrogens with zero attached hydrogens (tertiary/aromatic N) is 1. The zero-order valence-corrected chi connectivity index (χ0v) is 22.2. The number of carbonyl (C=O) groups excluding carboxylic acids is 1. The summed E-state index contributed by atoms with van der Waals surface area (Å²) in [5.41, 5.74) is 2.71. The van der Waals surface area contributed by atoms with Gasteiger partial charge < -0.3 is 15.5 Å². The van der Waals surface area contributed by atoms with Gasteiger partial charge in [0.2, 0.25) is 5.91 Å². The molecular formula is C32H42FN3O. The number of hydrogen-bond acceptors (Lipinski definition) is 3. The molecule has 1 amide bonds. The van der Waals surface area contributed by atoms with E-state index in [1.165, 1.54) is 37.7 Å². The number of likely N-dealkylation sites (tertiary alicyclic amines) is 1. The van der Waals surface area contributed by atoms with Crippen molar-refractivity contribution in [2.75, 3.05) is 26.2 Å². The van der Waals surface area contributed by atoms with Gasteiger partial charge in [0, 0.05) is 49.2 Å². The molecule has 3 fully saturated rings. The van der Waals surface area contributed by atoms with Crippen LogP contribution >= 0.6 is 0 Å². The molecule has 2 saturated heterocycles. The minimum absolute atomic E-state index is 0.151. The molecule has 5 atom stereocenters. The summed E-state index contributed by atoms with van der Waals surface area (Å²) in [6.45, 7) is 4.88. The number of carbonyl (C=O) groups is 1. The van der Waals surface area contributed by atoms with Crippen LogP contribution in [0.3, 0.4) is 0 Å². The van der Waals surface area contributed by atoms with E-state index in [-0.39, 0.29) is 29.7 Å². The van der Waals surface area contributed by atoms with Gasteiger partial charge in [-0.25, -0.2) is 4.39 Å². The Labute approximate surface area is 221 Å². The van der Waals surface area contributed by atoms with Crippen molar-refractivity contribution in [1.29, 1.82) is 0 Å².